The fraction of sp³-hybridized carbons (Fsp3) is 0.316. The van der Waals surface area contributed by atoms with Gasteiger partial charge in [-0.25, -0.2) is 0 Å². The van der Waals surface area contributed by atoms with Crippen LogP contribution < -0.4 is 0 Å². The summed E-state index contributed by atoms with van der Waals surface area (Å²) >= 11 is 0. The number of rotatable bonds is 1. The number of allylic oxidation sites excluding steroid dienone is 2. The van der Waals surface area contributed by atoms with Crippen LogP contribution in [-0.4, -0.2) is 9.52 Å². The zero-order valence-corrected chi connectivity index (χ0v) is 17.1. The smallest absolute Gasteiger partial charge is 0.154 e. The van der Waals surface area contributed by atoms with Crippen molar-refractivity contribution in [2.75, 3.05) is 0 Å². The van der Waals surface area contributed by atoms with Crippen LogP contribution in [0.2, 0.25) is 13.1 Å². The van der Waals surface area contributed by atoms with E-state index >= 15 is 0 Å². The zero-order chi connectivity index (χ0) is 15.7. The van der Waals surface area contributed by atoms with Crippen LogP contribution in [0.3, 0.4) is 0 Å². The third-order valence-corrected chi connectivity index (χ3v) is 3.06. The molecular weight excluding hydrogens is 304 g/mol. The van der Waals surface area contributed by atoms with Gasteiger partial charge in [-0.15, -0.1) is 40.6 Å². The van der Waals surface area contributed by atoms with Crippen LogP contribution in [0.1, 0.15) is 25.0 Å². The standard InChI is InChI=1S/C11H11.C6H10.C2H7Si.Ti/c1-8-7-10-5-3-4-6-11(10)9(8)2;1-5(2)6(3)4;1-3-2;/h3-7H,1-2H3;1,3H2,2,4H3;3H,1-2H3;/q-1;;;+3. The predicted molar refractivity (Wildman–Crippen MR) is 97.5 cm³/mol. The van der Waals surface area contributed by atoms with E-state index in [0.717, 1.165) is 20.7 Å². The number of aryl methyl sites for hydroxylation is 2. The van der Waals surface area contributed by atoms with Crippen molar-refractivity contribution in [1.82, 2.24) is 0 Å². The van der Waals surface area contributed by atoms with Crippen LogP contribution in [0.4, 0.5) is 0 Å². The van der Waals surface area contributed by atoms with Crippen LogP contribution in [0, 0.1) is 13.8 Å². The Morgan fingerprint density at radius 3 is 1.81 bits per heavy atom. The second kappa shape index (κ2) is 11.9. The Morgan fingerprint density at radius 1 is 1.00 bits per heavy atom. The molecule has 0 bridgehead atoms. The fourth-order valence-electron chi connectivity index (χ4n) is 1.52. The van der Waals surface area contributed by atoms with Crippen LogP contribution in [-0.2, 0) is 21.7 Å². The van der Waals surface area contributed by atoms with E-state index in [4.69, 9.17) is 0 Å². The van der Waals surface area contributed by atoms with E-state index in [9.17, 15) is 0 Å². The maximum atomic E-state index is 3.66. The van der Waals surface area contributed by atoms with Crippen LogP contribution >= 0.6 is 0 Å². The Morgan fingerprint density at radius 2 is 1.43 bits per heavy atom. The van der Waals surface area contributed by atoms with Crippen LogP contribution in [0.15, 0.2) is 54.6 Å². The van der Waals surface area contributed by atoms with E-state index in [1.165, 1.54) is 21.9 Å². The Bertz CT molecular complexity index is 552. The molecule has 21 heavy (non-hydrogen) atoms. The molecular formula is C19H28SiTi+2. The average molecular weight is 332 g/mol. The molecule has 2 rings (SSSR count). The van der Waals surface area contributed by atoms with Crippen LogP contribution in [0.25, 0.3) is 10.8 Å². The Hall–Kier alpha value is -0.759. The summed E-state index contributed by atoms with van der Waals surface area (Å²) in [6.07, 6.45) is 0. The van der Waals surface area contributed by atoms with Crippen molar-refractivity contribution in [3.8, 4) is 0 Å². The largest absolute Gasteiger partial charge is 3.00 e. The summed E-state index contributed by atoms with van der Waals surface area (Å²) in [5.41, 5.74) is 4.94. The monoisotopic (exact) mass is 332 g/mol. The van der Waals surface area contributed by atoms with Gasteiger partial charge in [0.15, 0.2) is 0 Å². The van der Waals surface area contributed by atoms with Crippen molar-refractivity contribution in [3.05, 3.63) is 65.8 Å². The van der Waals surface area contributed by atoms with Gasteiger partial charge in [0, 0.05) is 9.52 Å². The Balaban J connectivity index is 0. The predicted octanol–water partition coefficient (Wildman–Crippen LogP) is 5.83. The minimum absolute atomic E-state index is 0. The maximum absolute atomic E-state index is 3.66. The summed E-state index contributed by atoms with van der Waals surface area (Å²) in [7, 11) is 0.750. The van der Waals surface area contributed by atoms with E-state index in [0.29, 0.717) is 0 Å². The topological polar surface area (TPSA) is 0 Å². The minimum Gasteiger partial charge on any atom is -0.154 e. The van der Waals surface area contributed by atoms with Crippen molar-refractivity contribution in [2.45, 2.75) is 40.8 Å². The van der Waals surface area contributed by atoms with E-state index in [2.05, 4.69) is 70.4 Å². The molecule has 2 heteroatoms. The normalized spacial score (nSPS) is 8.67. The minimum atomic E-state index is 0. The molecule has 2 aromatic rings. The molecule has 0 atom stereocenters. The molecule has 2 radical (unpaired) electrons. The average Bonchev–Trinajstić information content (AvgIpc) is 2.67. The Labute approximate surface area is 148 Å². The molecule has 0 unspecified atom stereocenters. The molecule has 0 aliphatic carbocycles. The number of fused-ring (bicyclic) bond motifs is 1. The van der Waals surface area contributed by atoms with E-state index < -0.39 is 0 Å². The van der Waals surface area contributed by atoms with Gasteiger partial charge in [0.1, 0.15) is 0 Å². The number of hydrogen-bond acceptors (Lipinski definition) is 0. The molecule has 110 valence electrons. The first-order chi connectivity index (χ1) is 9.34. The van der Waals surface area contributed by atoms with Crippen molar-refractivity contribution in [1.29, 1.82) is 0 Å². The fourth-order valence-corrected chi connectivity index (χ4v) is 1.52. The molecule has 0 amide bonds. The first-order valence-electron chi connectivity index (χ1n) is 7.02. The summed E-state index contributed by atoms with van der Waals surface area (Å²) in [4.78, 5) is 0. The molecule has 0 nitrogen and oxygen atoms in total. The van der Waals surface area contributed by atoms with Gasteiger partial charge in [-0.05, 0) is 13.8 Å². The summed E-state index contributed by atoms with van der Waals surface area (Å²) in [6, 6.07) is 10.8. The summed E-state index contributed by atoms with van der Waals surface area (Å²) < 4.78 is 0. The van der Waals surface area contributed by atoms with Gasteiger partial charge in [-0.2, -0.15) is 5.56 Å². The molecule has 0 aromatic heterocycles. The second-order valence-electron chi connectivity index (χ2n) is 5.18. The maximum Gasteiger partial charge on any atom is 3.00 e. The van der Waals surface area contributed by atoms with Crippen molar-refractivity contribution in [3.63, 3.8) is 0 Å². The first kappa shape index (κ1) is 22.5. The van der Waals surface area contributed by atoms with Gasteiger partial charge < -0.3 is 0 Å². The molecule has 0 aliphatic rings. The SMILES string of the molecule is C=C(C)C(=C)C.C[SiH]C.Cc1[cH-]c2ccccc2c1C.[Ti+3]. The third kappa shape index (κ3) is 8.31. The zero-order valence-electron chi connectivity index (χ0n) is 14.4. The molecule has 0 heterocycles. The van der Waals surface area contributed by atoms with E-state index in [-0.39, 0.29) is 21.7 Å². The molecule has 0 aliphatic heterocycles. The van der Waals surface area contributed by atoms with Crippen molar-refractivity contribution < 1.29 is 21.7 Å². The van der Waals surface area contributed by atoms with Crippen molar-refractivity contribution >= 4 is 20.3 Å². The second-order valence-corrected chi connectivity index (χ2v) is 6.33. The van der Waals surface area contributed by atoms with Gasteiger partial charge in [-0.3, -0.25) is 0 Å². The Kier molecular flexibility index (Phi) is 12.7. The van der Waals surface area contributed by atoms with Gasteiger partial charge in [0.05, 0.1) is 0 Å². The molecule has 0 fully saturated rings. The molecule has 0 spiro atoms. The van der Waals surface area contributed by atoms with Gasteiger partial charge in [0.25, 0.3) is 0 Å². The van der Waals surface area contributed by atoms with Gasteiger partial charge in [-0.1, -0.05) is 57.3 Å². The molecule has 2 aromatic carbocycles. The van der Waals surface area contributed by atoms with E-state index in [1.807, 2.05) is 13.8 Å². The van der Waals surface area contributed by atoms with Gasteiger partial charge in [0.2, 0.25) is 0 Å². The molecule has 0 N–H and O–H groups in total. The summed E-state index contributed by atoms with van der Waals surface area (Å²) in [5, 5.41) is 2.76. The first-order valence-corrected chi connectivity index (χ1v) is 9.33. The quantitative estimate of drug-likeness (QED) is 0.350. The van der Waals surface area contributed by atoms with Gasteiger partial charge >= 0.3 is 21.7 Å². The third-order valence-electron chi connectivity index (χ3n) is 3.06. The summed E-state index contributed by atoms with van der Waals surface area (Å²) in [5.74, 6) is 0. The summed E-state index contributed by atoms with van der Waals surface area (Å²) in [6.45, 7) is 20.0. The van der Waals surface area contributed by atoms with Crippen molar-refractivity contribution in [2.24, 2.45) is 0 Å². The van der Waals surface area contributed by atoms with E-state index in [1.54, 1.807) is 0 Å². The number of hydrogen-bond donors (Lipinski definition) is 0. The molecule has 0 saturated heterocycles. The molecule has 0 saturated carbocycles. The number of benzene rings is 1. The van der Waals surface area contributed by atoms with Crippen LogP contribution in [0.5, 0.6) is 0 Å².